The van der Waals surface area contributed by atoms with E-state index in [0.29, 0.717) is 4.90 Å². The molecule has 1 aliphatic rings. The lowest BCUT2D eigenvalue weighted by molar-refractivity contribution is 0.563. The summed E-state index contributed by atoms with van der Waals surface area (Å²) in [4.78, 5) is 11.0. The van der Waals surface area contributed by atoms with Crippen LogP contribution in [0.25, 0.3) is 0 Å². The quantitative estimate of drug-likeness (QED) is 0.609. The van der Waals surface area contributed by atoms with E-state index < -0.39 is 10.0 Å². The highest BCUT2D eigenvalue weighted by atomic mass is 32.2. The molecule has 1 aromatic rings. The molecular weight excluding hydrogens is 258 g/mol. The molecule has 1 aromatic carbocycles. The summed E-state index contributed by atoms with van der Waals surface area (Å²) in [6.45, 7) is 4.11. The minimum absolute atomic E-state index is 0.0289. The third-order valence-electron chi connectivity index (χ3n) is 2.49. The van der Waals surface area contributed by atoms with Crippen LogP contribution in [0.15, 0.2) is 32.4 Å². The predicted octanol–water partition coefficient (Wildman–Crippen LogP) is 2.14. The Hall–Kier alpha value is -1.10. The summed E-state index contributed by atoms with van der Waals surface area (Å²) in [6.07, 6.45) is 1.90. The lowest BCUT2D eigenvalue weighted by atomic mass is 10.0. The van der Waals surface area contributed by atoms with Gasteiger partial charge in [0.2, 0.25) is 0 Å². The maximum absolute atomic E-state index is 11.8. The van der Waals surface area contributed by atoms with Gasteiger partial charge in [0.25, 0.3) is 16.1 Å². The van der Waals surface area contributed by atoms with Gasteiger partial charge >= 0.3 is 0 Å². The molecule has 0 unspecified atom stereocenters. The summed E-state index contributed by atoms with van der Waals surface area (Å²) in [5.74, 6) is 0. The second-order valence-corrected chi connectivity index (χ2v) is 7.73. The van der Waals surface area contributed by atoms with Crippen molar-refractivity contribution < 1.29 is 13.2 Å². The van der Waals surface area contributed by atoms with Gasteiger partial charge in [-0.25, -0.2) is 4.79 Å². The molecule has 0 atom stereocenters. The average molecular weight is 269 g/mol. The van der Waals surface area contributed by atoms with Gasteiger partial charge in [0, 0.05) is 9.64 Å². The van der Waals surface area contributed by atoms with Crippen molar-refractivity contribution in [2.45, 2.75) is 34.8 Å². The fourth-order valence-electron chi connectivity index (χ4n) is 1.89. The number of sulfonamides is 1. The van der Waals surface area contributed by atoms with Gasteiger partial charge in [-0.15, -0.1) is 11.8 Å². The van der Waals surface area contributed by atoms with Crippen molar-refractivity contribution in [1.82, 2.24) is 0 Å². The average Bonchev–Trinajstić information content (AvgIpc) is 2.50. The summed E-state index contributed by atoms with van der Waals surface area (Å²) in [5.41, 5.74) is 0.988. The summed E-state index contributed by atoms with van der Waals surface area (Å²) in [6, 6.07) is 5.05. The van der Waals surface area contributed by atoms with E-state index in [1.807, 2.05) is 6.07 Å². The molecule has 0 bridgehead atoms. The molecule has 6 heteroatoms. The lowest BCUT2D eigenvalue weighted by Gasteiger charge is -2.14. The molecule has 0 aromatic heterocycles. The molecule has 17 heavy (non-hydrogen) atoms. The Morgan fingerprint density at radius 1 is 1.41 bits per heavy atom. The number of nitrogens with zero attached hydrogens (tertiary/aromatic N) is 1. The van der Waals surface area contributed by atoms with Gasteiger partial charge in [0.05, 0.1) is 0 Å². The number of fused-ring (bicyclic) bond motifs is 1. The minimum Gasteiger partial charge on any atom is -0.210 e. The lowest BCUT2D eigenvalue weighted by Crippen LogP contribution is -2.11. The van der Waals surface area contributed by atoms with Crippen LogP contribution < -0.4 is 0 Å². The van der Waals surface area contributed by atoms with Gasteiger partial charge in [-0.3, -0.25) is 0 Å². The van der Waals surface area contributed by atoms with E-state index >= 15 is 0 Å². The first-order valence-electron chi connectivity index (χ1n) is 5.01. The molecule has 0 saturated carbocycles. The molecule has 0 radical (unpaired) electrons. The van der Waals surface area contributed by atoms with Gasteiger partial charge in [0.1, 0.15) is 4.90 Å². The van der Waals surface area contributed by atoms with Crippen LogP contribution in [-0.4, -0.2) is 19.2 Å². The topological polar surface area (TPSA) is 63.6 Å². The molecule has 4 nitrogen and oxygen atoms in total. The summed E-state index contributed by atoms with van der Waals surface area (Å²) < 4.78 is 26.4. The molecule has 0 N–H and O–H groups in total. The van der Waals surface area contributed by atoms with Crippen molar-refractivity contribution in [2.24, 2.45) is 4.40 Å². The zero-order valence-electron chi connectivity index (χ0n) is 9.43. The van der Waals surface area contributed by atoms with Crippen LogP contribution >= 0.6 is 11.8 Å². The number of thioether (sulfide) groups is 1. The standard InChI is InChI=1S/C11H11NO3S2/c1-11(2)6-8-4-3-5-9(10(8)16-11)17(14,15)12-7-13/h3-5H,6H2,1-2H3. The minimum atomic E-state index is -3.91. The number of carbonyl (C=O) groups excluding carboxylic acids is 1. The summed E-state index contributed by atoms with van der Waals surface area (Å²) >= 11 is 1.50. The monoisotopic (exact) mass is 269 g/mol. The SMILES string of the molecule is CC1(C)Cc2cccc(S(=O)(=O)N=C=O)c2S1. The highest BCUT2D eigenvalue weighted by Crippen LogP contribution is 2.47. The Kier molecular flexibility index (Phi) is 2.89. The maximum atomic E-state index is 11.8. The van der Waals surface area contributed by atoms with Crippen LogP contribution in [0, 0.1) is 0 Å². The number of isocyanates is 1. The third-order valence-corrected chi connectivity index (χ3v) is 5.21. The van der Waals surface area contributed by atoms with E-state index in [-0.39, 0.29) is 9.64 Å². The summed E-state index contributed by atoms with van der Waals surface area (Å²) in [5, 5.41) is 0. The number of rotatable bonds is 2. The zero-order chi connectivity index (χ0) is 12.7. The fourth-order valence-corrected chi connectivity index (χ4v) is 4.36. The molecule has 2 rings (SSSR count). The number of benzene rings is 1. The first-order valence-corrected chi connectivity index (χ1v) is 7.26. The van der Waals surface area contributed by atoms with Crippen LogP contribution in [-0.2, 0) is 21.2 Å². The normalized spacial score (nSPS) is 17.3. The maximum Gasteiger partial charge on any atom is 0.293 e. The highest BCUT2D eigenvalue weighted by Gasteiger charge is 2.33. The fraction of sp³-hybridized carbons (Fsp3) is 0.364. The van der Waals surface area contributed by atoms with Gasteiger partial charge in [-0.05, 0) is 18.1 Å². The van der Waals surface area contributed by atoms with Crippen LogP contribution in [0.3, 0.4) is 0 Å². The van der Waals surface area contributed by atoms with Crippen molar-refractivity contribution in [3.8, 4) is 0 Å². The predicted molar refractivity (Wildman–Crippen MR) is 65.4 cm³/mol. The van der Waals surface area contributed by atoms with Crippen LogP contribution in [0.4, 0.5) is 0 Å². The molecule has 0 spiro atoms. The van der Waals surface area contributed by atoms with E-state index in [0.717, 1.165) is 18.1 Å². The van der Waals surface area contributed by atoms with Crippen LogP contribution in [0.5, 0.6) is 0 Å². The number of hydrogen-bond donors (Lipinski definition) is 0. The van der Waals surface area contributed by atoms with Gasteiger partial charge in [-0.1, -0.05) is 30.4 Å². The largest absolute Gasteiger partial charge is 0.293 e. The van der Waals surface area contributed by atoms with Crippen LogP contribution in [0.2, 0.25) is 0 Å². The molecular formula is C11H11NO3S2. The molecule has 90 valence electrons. The van der Waals surface area contributed by atoms with E-state index in [9.17, 15) is 13.2 Å². The zero-order valence-corrected chi connectivity index (χ0v) is 11.1. The second-order valence-electron chi connectivity index (χ2n) is 4.44. The molecule has 0 aliphatic carbocycles. The van der Waals surface area contributed by atoms with Crippen molar-refractivity contribution in [2.75, 3.05) is 0 Å². The second kappa shape index (κ2) is 3.98. The van der Waals surface area contributed by atoms with Crippen molar-refractivity contribution >= 4 is 27.9 Å². The molecule has 1 heterocycles. The molecule has 0 saturated heterocycles. The van der Waals surface area contributed by atoms with E-state index in [2.05, 4.69) is 18.2 Å². The first-order chi connectivity index (χ1) is 7.86. The van der Waals surface area contributed by atoms with Gasteiger partial charge in [0.15, 0.2) is 0 Å². The van der Waals surface area contributed by atoms with E-state index in [4.69, 9.17) is 0 Å². The molecule has 0 fully saturated rings. The Labute approximate surface area is 104 Å². The van der Waals surface area contributed by atoms with Crippen LogP contribution in [0.1, 0.15) is 19.4 Å². The summed E-state index contributed by atoms with van der Waals surface area (Å²) in [7, 11) is -3.91. The van der Waals surface area contributed by atoms with E-state index in [1.54, 1.807) is 6.07 Å². The van der Waals surface area contributed by atoms with Gasteiger partial charge in [-0.2, -0.15) is 8.42 Å². The Morgan fingerprint density at radius 2 is 2.12 bits per heavy atom. The Bertz CT molecular complexity index is 614. The first kappa shape index (κ1) is 12.4. The third kappa shape index (κ3) is 2.29. The molecule has 1 aliphatic heterocycles. The van der Waals surface area contributed by atoms with Crippen molar-refractivity contribution in [3.05, 3.63) is 23.8 Å². The molecule has 0 amide bonds. The smallest absolute Gasteiger partial charge is 0.210 e. The van der Waals surface area contributed by atoms with Crippen molar-refractivity contribution in [1.29, 1.82) is 0 Å². The van der Waals surface area contributed by atoms with Gasteiger partial charge < -0.3 is 0 Å². The highest BCUT2D eigenvalue weighted by molar-refractivity contribution is 8.01. The Balaban J connectivity index is 2.62. The Morgan fingerprint density at radius 3 is 2.76 bits per heavy atom. The number of hydrogen-bond acceptors (Lipinski definition) is 4. The van der Waals surface area contributed by atoms with E-state index in [1.165, 1.54) is 17.8 Å². The van der Waals surface area contributed by atoms with Crippen molar-refractivity contribution in [3.63, 3.8) is 0 Å².